The van der Waals surface area contributed by atoms with E-state index in [1.165, 1.54) is 4.88 Å². The lowest BCUT2D eigenvalue weighted by atomic mass is 10.0. The minimum atomic E-state index is -0.780. The average Bonchev–Trinajstić information content (AvgIpc) is 3.24. The summed E-state index contributed by atoms with van der Waals surface area (Å²) in [5.41, 5.74) is 7.49. The van der Waals surface area contributed by atoms with Gasteiger partial charge in [0.25, 0.3) is 0 Å². The summed E-state index contributed by atoms with van der Waals surface area (Å²) in [4.78, 5) is 21.4. The zero-order valence-electron chi connectivity index (χ0n) is 20.5. The van der Waals surface area contributed by atoms with Gasteiger partial charge in [0.2, 0.25) is 0 Å². The van der Waals surface area contributed by atoms with Crippen LogP contribution < -0.4 is 4.74 Å². The molecule has 180 valence electrons. The van der Waals surface area contributed by atoms with E-state index in [9.17, 15) is 4.79 Å². The van der Waals surface area contributed by atoms with E-state index in [0.717, 1.165) is 50.0 Å². The molecule has 4 aromatic rings. The Morgan fingerprint density at radius 2 is 1.77 bits per heavy atom. The molecule has 2 heterocycles. The molecule has 0 radical (unpaired) electrons. The minimum absolute atomic E-state index is 0.135. The Bertz CT molecular complexity index is 1330. The third-order valence-corrected chi connectivity index (χ3v) is 7.56. The van der Waals surface area contributed by atoms with E-state index >= 15 is 0 Å². The average molecular weight is 487 g/mol. The van der Waals surface area contributed by atoms with Gasteiger partial charge in [0.15, 0.2) is 0 Å². The first kappa shape index (κ1) is 24.6. The predicted octanol–water partition coefficient (Wildman–Crippen LogP) is 7.00. The number of aromatic nitrogens is 2. The lowest BCUT2D eigenvalue weighted by Crippen LogP contribution is -2.07. The Morgan fingerprint density at radius 1 is 1.03 bits per heavy atom. The van der Waals surface area contributed by atoms with Crippen LogP contribution in [-0.4, -0.2) is 27.7 Å². The Labute approximate surface area is 210 Å². The molecular formula is C29H30N2O3S. The smallest absolute Gasteiger partial charge is 0.303 e. The van der Waals surface area contributed by atoms with E-state index in [-0.39, 0.29) is 12.3 Å². The van der Waals surface area contributed by atoms with Crippen molar-refractivity contribution in [3.63, 3.8) is 0 Å². The molecule has 0 saturated carbocycles. The fourth-order valence-electron chi connectivity index (χ4n) is 4.12. The van der Waals surface area contributed by atoms with Gasteiger partial charge in [0.05, 0.1) is 18.0 Å². The molecule has 4 rings (SSSR count). The highest BCUT2D eigenvalue weighted by molar-refractivity contribution is 7.15. The molecule has 2 aromatic heterocycles. The number of carboxylic acid groups (broad SMARTS) is 1. The number of rotatable bonds is 9. The number of benzene rings is 2. The Balaban J connectivity index is 1.42. The summed E-state index contributed by atoms with van der Waals surface area (Å²) < 4.78 is 6.09. The molecule has 0 spiro atoms. The number of carbonyl (C=O) groups is 1. The van der Waals surface area contributed by atoms with Crippen LogP contribution in [0.1, 0.15) is 46.5 Å². The molecular weight excluding hydrogens is 456 g/mol. The van der Waals surface area contributed by atoms with E-state index < -0.39 is 5.97 Å². The highest BCUT2D eigenvalue weighted by Gasteiger charge is 2.17. The second kappa shape index (κ2) is 10.8. The van der Waals surface area contributed by atoms with E-state index in [1.807, 2.05) is 37.4 Å². The van der Waals surface area contributed by atoms with Crippen molar-refractivity contribution in [1.29, 1.82) is 0 Å². The summed E-state index contributed by atoms with van der Waals surface area (Å²) in [6.45, 7) is 8.83. The van der Waals surface area contributed by atoms with Gasteiger partial charge in [-0.2, -0.15) is 0 Å². The topological polar surface area (TPSA) is 72.3 Å². The van der Waals surface area contributed by atoms with Crippen LogP contribution in [0.3, 0.4) is 0 Å². The maximum atomic E-state index is 10.8. The summed E-state index contributed by atoms with van der Waals surface area (Å²) in [5.74, 6) is 0.219. The predicted molar refractivity (Wildman–Crippen MR) is 141 cm³/mol. The summed E-state index contributed by atoms with van der Waals surface area (Å²) in [6.07, 6.45) is 2.49. The van der Waals surface area contributed by atoms with E-state index in [1.54, 1.807) is 11.3 Å². The van der Waals surface area contributed by atoms with Crippen LogP contribution in [-0.2, 0) is 11.2 Å². The SMILES string of the molecule is Cc1cc(OCC(C)c2sc(-c3ccc(-c4ncccc4C)cc3)nc2C)ccc1CCC(=O)O. The zero-order valence-corrected chi connectivity index (χ0v) is 21.4. The molecule has 0 aliphatic heterocycles. The third kappa shape index (κ3) is 5.95. The van der Waals surface area contributed by atoms with Crippen molar-refractivity contribution in [1.82, 2.24) is 9.97 Å². The lowest BCUT2D eigenvalue weighted by molar-refractivity contribution is -0.136. The summed E-state index contributed by atoms with van der Waals surface area (Å²) in [6, 6.07) is 18.3. The van der Waals surface area contributed by atoms with E-state index in [2.05, 4.69) is 56.1 Å². The van der Waals surface area contributed by atoms with Crippen molar-refractivity contribution in [3.05, 3.63) is 88.1 Å². The number of thiazole rings is 1. The summed E-state index contributed by atoms with van der Waals surface area (Å²) in [7, 11) is 0. The largest absolute Gasteiger partial charge is 0.493 e. The van der Waals surface area contributed by atoms with Crippen LogP contribution in [0.5, 0.6) is 5.75 Å². The van der Waals surface area contributed by atoms with Gasteiger partial charge in [-0.25, -0.2) is 4.98 Å². The molecule has 0 bridgehead atoms. The fourth-order valence-corrected chi connectivity index (χ4v) is 5.23. The van der Waals surface area contributed by atoms with Crippen molar-refractivity contribution < 1.29 is 14.6 Å². The third-order valence-electron chi connectivity index (χ3n) is 6.12. The minimum Gasteiger partial charge on any atom is -0.493 e. The van der Waals surface area contributed by atoms with E-state index in [4.69, 9.17) is 14.8 Å². The molecule has 0 fully saturated rings. The van der Waals surface area contributed by atoms with Crippen LogP contribution in [0.2, 0.25) is 0 Å². The van der Waals surface area contributed by atoms with Crippen molar-refractivity contribution in [2.24, 2.45) is 0 Å². The summed E-state index contributed by atoms with van der Waals surface area (Å²) >= 11 is 1.71. The first-order valence-electron chi connectivity index (χ1n) is 11.8. The molecule has 1 N–H and O–H groups in total. The molecule has 0 aliphatic rings. The van der Waals surface area contributed by atoms with Crippen LogP contribution in [0.15, 0.2) is 60.8 Å². The number of carboxylic acids is 1. The Hall–Kier alpha value is -3.51. The van der Waals surface area contributed by atoms with Gasteiger partial charge >= 0.3 is 5.97 Å². The van der Waals surface area contributed by atoms with Crippen molar-refractivity contribution in [2.45, 2.75) is 46.5 Å². The quantitative estimate of drug-likeness (QED) is 0.276. The number of ether oxygens (including phenoxy) is 1. The molecule has 6 heteroatoms. The van der Waals surface area contributed by atoms with Gasteiger partial charge < -0.3 is 9.84 Å². The number of pyridine rings is 1. The number of aliphatic carboxylic acids is 1. The monoisotopic (exact) mass is 486 g/mol. The Kier molecular flexibility index (Phi) is 7.61. The van der Waals surface area contributed by atoms with Gasteiger partial charge in [-0.05, 0) is 62.1 Å². The summed E-state index contributed by atoms with van der Waals surface area (Å²) in [5, 5.41) is 9.92. The van der Waals surface area contributed by atoms with Crippen molar-refractivity contribution in [2.75, 3.05) is 6.61 Å². The van der Waals surface area contributed by atoms with Crippen LogP contribution in [0.4, 0.5) is 0 Å². The van der Waals surface area contributed by atoms with Gasteiger partial charge in [-0.15, -0.1) is 11.3 Å². The van der Waals surface area contributed by atoms with Crippen LogP contribution in [0.25, 0.3) is 21.8 Å². The first-order chi connectivity index (χ1) is 16.8. The lowest BCUT2D eigenvalue weighted by Gasteiger charge is -2.14. The van der Waals surface area contributed by atoms with Crippen LogP contribution in [0, 0.1) is 20.8 Å². The fraction of sp³-hybridized carbons (Fsp3) is 0.276. The maximum absolute atomic E-state index is 10.8. The highest BCUT2D eigenvalue weighted by atomic mass is 32.1. The standard InChI is InChI=1S/C29H30N2O3S/c1-18-6-5-15-30-27(18)23-7-9-24(10-8-23)29-31-21(4)28(35-29)20(3)17-34-25-13-11-22(19(2)16-25)12-14-26(32)33/h5-11,13,15-16,20H,12,14,17H2,1-4H3,(H,32,33). The number of hydrogen-bond donors (Lipinski definition) is 1. The highest BCUT2D eigenvalue weighted by Crippen LogP contribution is 2.34. The van der Waals surface area contributed by atoms with Gasteiger partial charge in [0.1, 0.15) is 10.8 Å². The van der Waals surface area contributed by atoms with Gasteiger partial charge in [0, 0.05) is 34.5 Å². The number of aryl methyl sites for hydroxylation is 4. The molecule has 35 heavy (non-hydrogen) atoms. The molecule has 2 aromatic carbocycles. The van der Waals surface area contributed by atoms with Crippen LogP contribution >= 0.6 is 11.3 Å². The number of hydrogen-bond acceptors (Lipinski definition) is 5. The second-order valence-corrected chi connectivity index (χ2v) is 9.94. The molecule has 1 unspecified atom stereocenters. The molecule has 0 aliphatic carbocycles. The van der Waals surface area contributed by atoms with Crippen molar-refractivity contribution in [3.8, 4) is 27.6 Å². The number of nitrogens with zero attached hydrogens (tertiary/aromatic N) is 2. The first-order valence-corrected chi connectivity index (χ1v) is 12.6. The van der Waals surface area contributed by atoms with E-state index in [0.29, 0.717) is 13.0 Å². The molecule has 1 atom stereocenters. The molecule has 5 nitrogen and oxygen atoms in total. The van der Waals surface area contributed by atoms with Crippen molar-refractivity contribution >= 4 is 17.3 Å². The Morgan fingerprint density at radius 3 is 2.46 bits per heavy atom. The molecule has 0 saturated heterocycles. The normalized spacial score (nSPS) is 11.9. The zero-order chi connectivity index (χ0) is 24.9. The van der Waals surface area contributed by atoms with Gasteiger partial charge in [-0.1, -0.05) is 43.3 Å². The van der Waals surface area contributed by atoms with Gasteiger partial charge in [-0.3, -0.25) is 9.78 Å². The molecule has 0 amide bonds. The maximum Gasteiger partial charge on any atom is 0.303 e. The second-order valence-electron chi connectivity index (χ2n) is 8.91.